The van der Waals surface area contributed by atoms with Gasteiger partial charge in [0.1, 0.15) is 9.79 Å². The largest absolute Gasteiger partial charge is 0.477 e. The third-order valence-electron chi connectivity index (χ3n) is 13.8. The van der Waals surface area contributed by atoms with Gasteiger partial charge in [0.25, 0.3) is 20.0 Å². The number of hydrogen-bond acceptors (Lipinski definition) is 9. The quantitative estimate of drug-likeness (QED) is 0.174. The molecule has 10 rings (SSSR count). The lowest BCUT2D eigenvalue weighted by Gasteiger charge is -2.29. The molecule has 0 radical (unpaired) electrons. The van der Waals surface area contributed by atoms with Gasteiger partial charge in [-0.3, -0.25) is 9.25 Å². The van der Waals surface area contributed by atoms with Gasteiger partial charge in [0.05, 0.1) is 24.9 Å². The molecule has 19 heteroatoms. The van der Waals surface area contributed by atoms with Crippen LogP contribution < -0.4 is 24.8 Å². The van der Waals surface area contributed by atoms with Gasteiger partial charge in [-0.25, -0.2) is 35.9 Å². The number of carbonyl (C=O) groups is 2. The molecule has 0 fully saturated rings. The number of halogens is 2. The molecule has 0 saturated carbocycles. The van der Waals surface area contributed by atoms with Crippen LogP contribution in [0.25, 0.3) is 0 Å². The number of urea groups is 2. The number of alkyl halides is 2. The maximum Gasteiger partial charge on any atom is 0.334 e. The van der Waals surface area contributed by atoms with Gasteiger partial charge in [-0.2, -0.15) is 13.9 Å². The highest BCUT2D eigenvalue weighted by Crippen LogP contribution is 2.55. The molecule has 4 aromatic rings. The van der Waals surface area contributed by atoms with Crippen molar-refractivity contribution in [2.45, 2.75) is 124 Å². The molecule has 61 heavy (non-hydrogen) atoms. The Morgan fingerprint density at radius 3 is 2.23 bits per heavy atom. The van der Waals surface area contributed by atoms with Crippen LogP contribution in [0.4, 0.5) is 29.7 Å². The van der Waals surface area contributed by atoms with E-state index in [0.29, 0.717) is 47.4 Å². The van der Waals surface area contributed by atoms with E-state index in [1.54, 1.807) is 4.68 Å². The Bertz CT molecular complexity index is 2750. The van der Waals surface area contributed by atoms with Crippen LogP contribution >= 0.6 is 0 Å². The Morgan fingerprint density at radius 2 is 1.49 bits per heavy atom. The molecule has 4 aliphatic carbocycles. The third kappa shape index (κ3) is 6.77. The Morgan fingerprint density at radius 1 is 0.820 bits per heavy atom. The van der Waals surface area contributed by atoms with Crippen LogP contribution in [0.2, 0.25) is 0 Å². The van der Waals surface area contributed by atoms with E-state index in [2.05, 4.69) is 42.2 Å². The van der Waals surface area contributed by atoms with E-state index in [1.165, 1.54) is 6.20 Å². The fourth-order valence-electron chi connectivity index (χ4n) is 11.0. The molecular formula is C42H48F2N8O7S2. The number of carbonyl (C=O) groups excluding carboxylic acids is 2. The number of anilines is 2. The van der Waals surface area contributed by atoms with E-state index in [9.17, 15) is 35.2 Å². The highest BCUT2D eigenvalue weighted by molar-refractivity contribution is 7.90. The van der Waals surface area contributed by atoms with Crippen LogP contribution in [0.15, 0.2) is 40.4 Å². The van der Waals surface area contributed by atoms with E-state index in [0.717, 1.165) is 115 Å². The van der Waals surface area contributed by atoms with Crippen molar-refractivity contribution in [3.63, 3.8) is 0 Å². The Hall–Kier alpha value is -5.01. The first-order valence-electron chi connectivity index (χ1n) is 21.1. The van der Waals surface area contributed by atoms with Crippen molar-refractivity contribution in [3.05, 3.63) is 80.8 Å². The first-order valence-corrected chi connectivity index (χ1v) is 24.0. The van der Waals surface area contributed by atoms with Crippen LogP contribution in [-0.4, -0.2) is 74.9 Å². The summed E-state index contributed by atoms with van der Waals surface area (Å²) < 4.78 is 95.3. The second-order valence-electron chi connectivity index (χ2n) is 17.4. The fraction of sp³-hybridized carbons (Fsp3) is 0.500. The number of likely N-dealkylation sites (N-methyl/N-ethyl adjacent to an activating group) is 1. The van der Waals surface area contributed by atoms with Gasteiger partial charge in [0, 0.05) is 36.6 Å². The van der Waals surface area contributed by atoms with Crippen LogP contribution in [0.1, 0.15) is 101 Å². The minimum Gasteiger partial charge on any atom is -0.477 e. The summed E-state index contributed by atoms with van der Waals surface area (Å²) in [5, 5.41) is 10.2. The maximum absolute atomic E-state index is 14.5. The van der Waals surface area contributed by atoms with E-state index < -0.39 is 55.4 Å². The Balaban J connectivity index is 0.928. The molecule has 2 aromatic carbocycles. The van der Waals surface area contributed by atoms with Gasteiger partial charge in [0.15, 0.2) is 0 Å². The van der Waals surface area contributed by atoms with Crippen molar-refractivity contribution < 1.29 is 39.9 Å². The Labute approximate surface area is 352 Å². The summed E-state index contributed by atoms with van der Waals surface area (Å²) in [5.74, 6) is -0.548. The second kappa shape index (κ2) is 14.5. The molecule has 4 N–H and O–H groups in total. The lowest BCUT2D eigenvalue weighted by atomic mass is 9.81. The number of hydrogen-bond donors (Lipinski definition) is 4. The number of ether oxygens (including phenoxy) is 1. The van der Waals surface area contributed by atoms with Crippen LogP contribution in [0.5, 0.6) is 5.88 Å². The number of aryl methyl sites for hydroxylation is 4. The van der Waals surface area contributed by atoms with Gasteiger partial charge in [0.2, 0.25) is 5.88 Å². The molecule has 2 aromatic heterocycles. The highest BCUT2D eigenvalue weighted by atomic mass is 32.2. The number of benzene rings is 2. The predicted octanol–water partition coefficient (Wildman–Crippen LogP) is 5.65. The van der Waals surface area contributed by atoms with E-state index in [1.807, 2.05) is 14.1 Å². The molecule has 4 amide bonds. The number of sulfonamides is 2. The van der Waals surface area contributed by atoms with Gasteiger partial charge in [-0.1, -0.05) is 12.1 Å². The van der Waals surface area contributed by atoms with Crippen LogP contribution in [-0.2, 0) is 77.6 Å². The lowest BCUT2D eigenvalue weighted by Crippen LogP contribution is -2.38. The van der Waals surface area contributed by atoms with Crippen LogP contribution in [0.3, 0.4) is 0 Å². The highest BCUT2D eigenvalue weighted by Gasteiger charge is 2.43. The van der Waals surface area contributed by atoms with Crippen molar-refractivity contribution in [1.29, 1.82) is 0 Å². The topological polar surface area (TPSA) is 186 Å². The summed E-state index contributed by atoms with van der Waals surface area (Å²) in [5.41, 5.74) is 10.2. The number of nitrogens with zero attached hydrogens (tertiary/aromatic N) is 4. The maximum atomic E-state index is 14.5. The molecule has 15 nitrogen and oxygen atoms in total. The van der Waals surface area contributed by atoms with Gasteiger partial charge >= 0.3 is 18.1 Å². The summed E-state index contributed by atoms with van der Waals surface area (Å²) in [6, 6.07) is 0.463. The monoisotopic (exact) mass is 878 g/mol. The van der Waals surface area contributed by atoms with E-state index in [4.69, 9.17) is 4.74 Å². The number of rotatable bonds is 8. The first kappa shape index (κ1) is 40.1. The molecule has 4 heterocycles. The van der Waals surface area contributed by atoms with Crippen molar-refractivity contribution >= 4 is 43.5 Å². The number of aromatic nitrogens is 3. The molecule has 0 spiro atoms. The normalized spacial score (nSPS) is 22.1. The van der Waals surface area contributed by atoms with Gasteiger partial charge < -0.3 is 20.3 Å². The van der Waals surface area contributed by atoms with Crippen molar-refractivity contribution in [3.8, 4) is 5.88 Å². The standard InChI is InChI=1S/C42H48F2N8O7S2/c1-50(2)26-13-17-52-33(21-26)35(22-45-52)61(57,58)49-40(53)46-37-27-7-4-6-24(27)20-32-29(11-12-31(32)37)30-10-9-25-19-23-5-3-8-28(23)38(36(25)30)47-41(54)48-60(55,56)34-14-16-51-39(34)59-18-15-42(51,43)44/h14,16,19-20,22,26,29-30H,3-13,15,17-18,21H2,1-2H3,(H2,46,49,53)(H2,47,48,54). The first-order chi connectivity index (χ1) is 29.1. The van der Waals surface area contributed by atoms with E-state index >= 15 is 0 Å². The van der Waals surface area contributed by atoms with Crippen LogP contribution in [0, 0.1) is 0 Å². The second-order valence-corrected chi connectivity index (χ2v) is 20.7. The third-order valence-corrected chi connectivity index (χ3v) is 16.5. The van der Waals surface area contributed by atoms with Gasteiger partial charge in [-0.15, -0.1) is 0 Å². The minimum atomic E-state index is -4.60. The Kier molecular flexibility index (Phi) is 9.56. The summed E-state index contributed by atoms with van der Waals surface area (Å²) in [6.45, 7) is 0.211. The zero-order chi connectivity index (χ0) is 42.6. The average Bonchev–Trinajstić information content (AvgIpc) is 4.04. The minimum absolute atomic E-state index is 0.00224. The van der Waals surface area contributed by atoms with Gasteiger partial charge in [-0.05, 0) is 147 Å². The fourth-order valence-corrected chi connectivity index (χ4v) is 13.1. The summed E-state index contributed by atoms with van der Waals surface area (Å²) in [6.07, 6.45) is 10.9. The smallest absolute Gasteiger partial charge is 0.334 e. The molecule has 3 atom stereocenters. The summed E-state index contributed by atoms with van der Waals surface area (Å²) in [7, 11) is -4.93. The summed E-state index contributed by atoms with van der Waals surface area (Å²) in [4.78, 5) is 29.0. The van der Waals surface area contributed by atoms with Crippen molar-refractivity contribution in [2.24, 2.45) is 0 Å². The molecule has 6 aliphatic rings. The molecule has 2 aliphatic heterocycles. The zero-order valence-electron chi connectivity index (χ0n) is 33.9. The van der Waals surface area contributed by atoms with Crippen molar-refractivity contribution in [2.75, 3.05) is 31.3 Å². The average molecular weight is 879 g/mol. The lowest BCUT2D eigenvalue weighted by molar-refractivity contribution is -0.119. The summed E-state index contributed by atoms with van der Waals surface area (Å²) >= 11 is 0. The molecule has 0 bridgehead atoms. The number of fused-ring (bicyclic) bond motifs is 6. The molecule has 0 saturated heterocycles. The SMILES string of the molecule is CN(C)C1CCn2ncc(S(=O)(=O)NC(=O)Nc3c4c(cc5c3CCC5C3CCc5cc6c(c(NC(=O)NS(=O)(=O)c7ccn8c7OCCC8(F)F)c53)CCC6)CCC4)c2C1. The van der Waals surface area contributed by atoms with E-state index in [-0.39, 0.29) is 29.4 Å². The predicted molar refractivity (Wildman–Crippen MR) is 220 cm³/mol. The number of nitrogens with one attached hydrogen (secondary N) is 4. The molecular weight excluding hydrogens is 831 g/mol. The number of amides is 4. The zero-order valence-corrected chi connectivity index (χ0v) is 35.6. The van der Waals surface area contributed by atoms with Crippen molar-refractivity contribution in [1.82, 2.24) is 28.7 Å². The molecule has 324 valence electrons. The molecule has 3 unspecified atom stereocenters.